The van der Waals surface area contributed by atoms with E-state index in [-0.39, 0.29) is 0 Å². The first kappa shape index (κ1) is 12.5. The highest BCUT2D eigenvalue weighted by atomic mass is 16.1. The Kier molecular flexibility index (Phi) is 2.81. The van der Waals surface area contributed by atoms with Crippen molar-refractivity contribution in [3.8, 4) is 11.4 Å². The van der Waals surface area contributed by atoms with Crippen LogP contribution in [0, 0.1) is 0 Å². The molecule has 0 unspecified atom stereocenters. The number of aromatic nitrogens is 4. The molecule has 0 radical (unpaired) electrons. The van der Waals surface area contributed by atoms with Gasteiger partial charge in [0.15, 0.2) is 11.5 Å². The average Bonchev–Trinajstić information content (AvgIpc) is 2.77. The number of nitrogens with two attached hydrogens (primary N) is 1. The summed E-state index contributed by atoms with van der Waals surface area (Å²) in [6.45, 7) is 0. The molecule has 0 aromatic carbocycles. The Morgan fingerprint density at radius 1 is 1.50 bits per heavy atom. The van der Waals surface area contributed by atoms with Gasteiger partial charge in [-0.05, 0) is 18.4 Å². The summed E-state index contributed by atoms with van der Waals surface area (Å²) in [5.74, 6) is 0.0376. The number of nitrogens with zero attached hydrogens (tertiary/aromatic N) is 5. The fraction of sp³-hybridized carbons (Fsp3) is 0.308. The Morgan fingerprint density at radius 2 is 2.30 bits per heavy atom. The number of hydrogen-bond donors (Lipinski definition) is 1. The summed E-state index contributed by atoms with van der Waals surface area (Å²) in [5.41, 5.74) is 9.27. The maximum absolute atomic E-state index is 11.5. The summed E-state index contributed by atoms with van der Waals surface area (Å²) in [5, 5.41) is 4.21. The predicted molar refractivity (Wildman–Crippen MR) is 73.7 cm³/mol. The first-order chi connectivity index (χ1) is 9.61. The van der Waals surface area contributed by atoms with Gasteiger partial charge < -0.3 is 5.73 Å². The predicted octanol–water partition coefficient (Wildman–Crippen LogP) is 0.123. The molecule has 2 aromatic rings. The molecular formula is C13H14N6O. The molecule has 20 heavy (non-hydrogen) atoms. The number of aryl methyl sites for hydroxylation is 2. The van der Waals surface area contributed by atoms with Crippen molar-refractivity contribution in [1.29, 1.82) is 0 Å². The van der Waals surface area contributed by atoms with Crippen molar-refractivity contribution in [2.24, 2.45) is 17.8 Å². The summed E-state index contributed by atoms with van der Waals surface area (Å²) >= 11 is 0. The smallest absolute Gasteiger partial charge is 0.269 e. The average molecular weight is 270 g/mol. The van der Waals surface area contributed by atoms with Gasteiger partial charge in [-0.15, -0.1) is 0 Å². The normalized spacial score (nSPS) is 13.3. The molecule has 0 spiro atoms. The van der Waals surface area contributed by atoms with Crippen molar-refractivity contribution < 1.29 is 4.79 Å². The van der Waals surface area contributed by atoms with Gasteiger partial charge in [0.2, 0.25) is 0 Å². The van der Waals surface area contributed by atoms with Gasteiger partial charge in [-0.25, -0.2) is 9.97 Å². The minimum Gasteiger partial charge on any atom is -0.364 e. The van der Waals surface area contributed by atoms with Gasteiger partial charge >= 0.3 is 0 Å². The monoisotopic (exact) mass is 270 g/mol. The van der Waals surface area contributed by atoms with E-state index in [4.69, 9.17) is 5.73 Å². The molecule has 3 rings (SSSR count). The molecule has 102 valence electrons. The largest absolute Gasteiger partial charge is 0.364 e. The standard InChI is InChI=1S/C13H14N6O/c1-15-6-9-16-5-7-3-4-8-11(13(14)20)18-19(2)12(8)10(7)17-9/h5-6H,3-4H2,1-2H3,(H2,14,20). The van der Waals surface area contributed by atoms with Crippen LogP contribution in [0.3, 0.4) is 0 Å². The van der Waals surface area contributed by atoms with Crippen LogP contribution in [0.15, 0.2) is 11.2 Å². The lowest BCUT2D eigenvalue weighted by Crippen LogP contribution is -2.16. The SMILES string of the molecule is CN=Cc1ncc2c(n1)-c1c(c(C(N)=O)nn1C)CC2. The van der Waals surface area contributed by atoms with Crippen LogP contribution in [0.4, 0.5) is 0 Å². The number of carbonyl (C=O) groups excluding carboxylic acids is 1. The van der Waals surface area contributed by atoms with Crippen molar-refractivity contribution in [3.63, 3.8) is 0 Å². The van der Waals surface area contributed by atoms with Crippen LogP contribution in [0.5, 0.6) is 0 Å². The Hall–Kier alpha value is -2.57. The van der Waals surface area contributed by atoms with Crippen LogP contribution >= 0.6 is 0 Å². The van der Waals surface area contributed by atoms with E-state index in [0.29, 0.717) is 11.5 Å². The molecule has 0 bridgehead atoms. The lowest BCUT2D eigenvalue weighted by Gasteiger charge is -2.16. The highest BCUT2D eigenvalue weighted by Crippen LogP contribution is 2.32. The van der Waals surface area contributed by atoms with Gasteiger partial charge in [-0.1, -0.05) is 0 Å². The van der Waals surface area contributed by atoms with Gasteiger partial charge in [0, 0.05) is 25.9 Å². The second-order valence-corrected chi connectivity index (χ2v) is 4.65. The van der Waals surface area contributed by atoms with Crippen molar-refractivity contribution in [3.05, 3.63) is 28.8 Å². The highest BCUT2D eigenvalue weighted by molar-refractivity contribution is 5.94. The molecule has 0 fully saturated rings. The van der Waals surface area contributed by atoms with Crippen LogP contribution in [0.25, 0.3) is 11.4 Å². The van der Waals surface area contributed by atoms with E-state index < -0.39 is 5.91 Å². The van der Waals surface area contributed by atoms with E-state index in [2.05, 4.69) is 20.1 Å². The van der Waals surface area contributed by atoms with Gasteiger partial charge in [0.05, 0.1) is 17.6 Å². The molecular weight excluding hydrogens is 256 g/mol. The molecule has 7 heteroatoms. The second-order valence-electron chi connectivity index (χ2n) is 4.65. The molecule has 2 N–H and O–H groups in total. The molecule has 1 aliphatic carbocycles. The third kappa shape index (κ3) is 1.78. The fourth-order valence-corrected chi connectivity index (χ4v) is 2.54. The number of fused-ring (bicyclic) bond motifs is 3. The first-order valence-corrected chi connectivity index (χ1v) is 6.26. The number of primary amides is 1. The third-order valence-corrected chi connectivity index (χ3v) is 3.38. The van der Waals surface area contributed by atoms with Crippen LogP contribution in [0.2, 0.25) is 0 Å². The lowest BCUT2D eigenvalue weighted by molar-refractivity contribution is 0.0994. The maximum atomic E-state index is 11.5. The third-order valence-electron chi connectivity index (χ3n) is 3.38. The molecule has 0 saturated carbocycles. The Balaban J connectivity index is 2.24. The second kappa shape index (κ2) is 4.52. The minimum atomic E-state index is -0.505. The zero-order chi connectivity index (χ0) is 14.3. The number of carbonyl (C=O) groups is 1. The first-order valence-electron chi connectivity index (χ1n) is 6.26. The number of amides is 1. The molecule has 2 aromatic heterocycles. The van der Waals surface area contributed by atoms with Crippen LogP contribution in [0.1, 0.15) is 27.4 Å². The van der Waals surface area contributed by atoms with E-state index in [0.717, 1.165) is 35.4 Å². The van der Waals surface area contributed by atoms with Crippen molar-refractivity contribution in [1.82, 2.24) is 19.7 Å². The Morgan fingerprint density at radius 3 is 3.00 bits per heavy atom. The van der Waals surface area contributed by atoms with Gasteiger partial charge in [-0.2, -0.15) is 5.10 Å². The minimum absolute atomic E-state index is 0.331. The summed E-state index contributed by atoms with van der Waals surface area (Å²) in [7, 11) is 3.46. The summed E-state index contributed by atoms with van der Waals surface area (Å²) in [6, 6.07) is 0. The lowest BCUT2D eigenvalue weighted by atomic mass is 9.93. The van der Waals surface area contributed by atoms with Crippen LogP contribution < -0.4 is 5.73 Å². The summed E-state index contributed by atoms with van der Waals surface area (Å²) < 4.78 is 1.66. The number of rotatable bonds is 2. The van der Waals surface area contributed by atoms with E-state index in [1.165, 1.54) is 0 Å². The van der Waals surface area contributed by atoms with Gasteiger partial charge in [0.1, 0.15) is 0 Å². The molecule has 1 amide bonds. The molecule has 0 saturated heterocycles. The molecule has 0 aliphatic heterocycles. The van der Waals surface area contributed by atoms with Crippen molar-refractivity contribution >= 4 is 12.1 Å². The maximum Gasteiger partial charge on any atom is 0.269 e. The van der Waals surface area contributed by atoms with Crippen LogP contribution in [-0.2, 0) is 19.9 Å². The molecule has 2 heterocycles. The highest BCUT2D eigenvalue weighted by Gasteiger charge is 2.27. The van der Waals surface area contributed by atoms with Crippen LogP contribution in [-0.4, -0.2) is 38.9 Å². The van der Waals surface area contributed by atoms with Gasteiger partial charge in [-0.3, -0.25) is 14.5 Å². The van der Waals surface area contributed by atoms with Crippen molar-refractivity contribution in [2.45, 2.75) is 12.8 Å². The zero-order valence-corrected chi connectivity index (χ0v) is 11.3. The fourth-order valence-electron chi connectivity index (χ4n) is 2.54. The van der Waals surface area contributed by atoms with E-state index in [1.54, 1.807) is 31.2 Å². The van der Waals surface area contributed by atoms with E-state index >= 15 is 0 Å². The summed E-state index contributed by atoms with van der Waals surface area (Å²) in [4.78, 5) is 24.1. The quantitative estimate of drug-likeness (QED) is 0.783. The topological polar surface area (TPSA) is 99.0 Å². The Labute approximate surface area is 115 Å². The molecule has 1 aliphatic rings. The number of hydrogen-bond acceptors (Lipinski definition) is 5. The number of aliphatic imine (C=N–C) groups is 1. The van der Waals surface area contributed by atoms with E-state index in [9.17, 15) is 4.79 Å². The van der Waals surface area contributed by atoms with Gasteiger partial charge in [0.25, 0.3) is 5.91 Å². The molecule has 0 atom stereocenters. The summed E-state index contributed by atoms with van der Waals surface area (Å²) in [6.07, 6.45) is 4.90. The zero-order valence-electron chi connectivity index (χ0n) is 11.3. The Bertz CT molecular complexity index is 731. The van der Waals surface area contributed by atoms with Crippen molar-refractivity contribution in [2.75, 3.05) is 7.05 Å². The van der Waals surface area contributed by atoms with E-state index in [1.807, 2.05) is 0 Å². The molecule has 7 nitrogen and oxygen atoms in total.